The van der Waals surface area contributed by atoms with Crippen LogP contribution < -0.4 is 20.3 Å². The highest BCUT2D eigenvalue weighted by atomic mass is 19.1. The van der Waals surface area contributed by atoms with Crippen molar-refractivity contribution in [2.45, 2.75) is 6.42 Å². The van der Waals surface area contributed by atoms with E-state index in [0.29, 0.717) is 29.2 Å². The predicted octanol–water partition coefficient (Wildman–Crippen LogP) is 3.50. The molecule has 1 amide bonds. The molecule has 34 heavy (non-hydrogen) atoms. The van der Waals surface area contributed by atoms with Crippen molar-refractivity contribution < 1.29 is 13.9 Å². The van der Waals surface area contributed by atoms with Gasteiger partial charge < -0.3 is 20.3 Å². The van der Waals surface area contributed by atoms with Gasteiger partial charge in [-0.15, -0.1) is 0 Å². The molecular formula is C26H26FN5O2. The summed E-state index contributed by atoms with van der Waals surface area (Å²) < 4.78 is 20.3. The molecule has 4 aromatic rings. The first kappa shape index (κ1) is 21.8. The van der Waals surface area contributed by atoms with Gasteiger partial charge in [0.25, 0.3) is 5.91 Å². The first-order valence-electron chi connectivity index (χ1n) is 11.2. The van der Waals surface area contributed by atoms with E-state index in [0.717, 1.165) is 43.1 Å². The minimum absolute atomic E-state index is 0.215. The fourth-order valence-corrected chi connectivity index (χ4v) is 4.53. The van der Waals surface area contributed by atoms with Crippen molar-refractivity contribution >= 4 is 22.9 Å². The Bertz CT molecular complexity index is 1310. The molecule has 0 aliphatic carbocycles. The van der Waals surface area contributed by atoms with E-state index < -0.39 is 5.91 Å². The maximum absolute atomic E-state index is 13.2. The number of aromatic nitrogens is 2. The summed E-state index contributed by atoms with van der Waals surface area (Å²) in [5.74, 6) is -0.147. The number of imidazole rings is 1. The number of carbonyl (C=O) groups is 1. The van der Waals surface area contributed by atoms with Gasteiger partial charge in [-0.05, 0) is 54.1 Å². The monoisotopic (exact) mass is 459 g/mol. The van der Waals surface area contributed by atoms with Crippen LogP contribution in [0.3, 0.4) is 0 Å². The number of ether oxygens (including phenoxy) is 1. The molecule has 8 heteroatoms. The molecule has 5 rings (SSSR count). The Morgan fingerprint density at radius 2 is 1.56 bits per heavy atom. The van der Waals surface area contributed by atoms with Crippen LogP contribution in [-0.4, -0.2) is 48.6 Å². The van der Waals surface area contributed by atoms with Gasteiger partial charge in [0.05, 0.1) is 12.8 Å². The second-order valence-corrected chi connectivity index (χ2v) is 8.34. The second-order valence-electron chi connectivity index (χ2n) is 8.34. The number of hydrogen-bond acceptors (Lipinski definition) is 5. The zero-order valence-corrected chi connectivity index (χ0v) is 18.9. The summed E-state index contributed by atoms with van der Waals surface area (Å²) in [6.07, 6.45) is 2.25. The number of primary amides is 1. The van der Waals surface area contributed by atoms with E-state index in [-0.39, 0.29) is 5.82 Å². The fourth-order valence-electron chi connectivity index (χ4n) is 4.53. The number of carbonyl (C=O) groups excluding carboxylic acids is 1. The van der Waals surface area contributed by atoms with E-state index >= 15 is 0 Å². The van der Waals surface area contributed by atoms with Crippen molar-refractivity contribution in [1.82, 2.24) is 9.38 Å². The number of fused-ring (bicyclic) bond motifs is 1. The molecule has 0 saturated carbocycles. The molecule has 1 aliphatic rings. The molecule has 1 fully saturated rings. The van der Waals surface area contributed by atoms with Gasteiger partial charge in [0, 0.05) is 50.2 Å². The number of methoxy groups -OCH3 is 1. The highest BCUT2D eigenvalue weighted by Crippen LogP contribution is 2.25. The van der Waals surface area contributed by atoms with E-state index in [4.69, 9.17) is 10.5 Å². The number of hydrogen-bond donors (Lipinski definition) is 1. The van der Waals surface area contributed by atoms with Gasteiger partial charge in [0.2, 0.25) is 0 Å². The van der Waals surface area contributed by atoms with Crippen LogP contribution in [0.2, 0.25) is 0 Å². The van der Waals surface area contributed by atoms with Gasteiger partial charge in [-0.25, -0.2) is 9.37 Å². The number of benzene rings is 2. The molecule has 1 saturated heterocycles. The lowest BCUT2D eigenvalue weighted by atomic mass is 10.1. The summed E-state index contributed by atoms with van der Waals surface area (Å²) in [6, 6.07) is 18.6. The normalized spacial score (nSPS) is 13.9. The highest BCUT2D eigenvalue weighted by molar-refractivity contribution is 5.93. The van der Waals surface area contributed by atoms with Gasteiger partial charge in [0.1, 0.15) is 11.5 Å². The Morgan fingerprint density at radius 3 is 2.12 bits per heavy atom. The molecular weight excluding hydrogens is 433 g/mol. The van der Waals surface area contributed by atoms with Crippen LogP contribution in [0.5, 0.6) is 5.75 Å². The topological polar surface area (TPSA) is 76.1 Å². The molecule has 1 aliphatic heterocycles. The first-order chi connectivity index (χ1) is 16.5. The Balaban J connectivity index is 1.30. The van der Waals surface area contributed by atoms with Crippen molar-refractivity contribution in [1.29, 1.82) is 0 Å². The highest BCUT2D eigenvalue weighted by Gasteiger charge is 2.20. The van der Waals surface area contributed by atoms with Crippen LogP contribution in [-0.2, 0) is 6.42 Å². The van der Waals surface area contributed by atoms with Crippen LogP contribution >= 0.6 is 0 Å². The van der Waals surface area contributed by atoms with Crippen LogP contribution in [0.4, 0.5) is 15.8 Å². The van der Waals surface area contributed by atoms with Crippen LogP contribution in [0.15, 0.2) is 66.9 Å². The fraction of sp³-hybridized carbons (Fsp3) is 0.231. The first-order valence-corrected chi connectivity index (χ1v) is 11.2. The maximum Gasteiger partial charge on any atom is 0.267 e. The zero-order valence-electron chi connectivity index (χ0n) is 18.9. The molecule has 3 heterocycles. The Hall–Kier alpha value is -4.07. The summed E-state index contributed by atoms with van der Waals surface area (Å²) >= 11 is 0. The predicted molar refractivity (Wildman–Crippen MR) is 130 cm³/mol. The molecule has 2 N–H and O–H groups in total. The number of piperazine rings is 1. The molecule has 7 nitrogen and oxygen atoms in total. The minimum atomic E-state index is -0.522. The quantitative estimate of drug-likeness (QED) is 0.478. The van der Waals surface area contributed by atoms with Crippen LogP contribution in [0.25, 0.3) is 5.65 Å². The molecule has 0 atom stereocenters. The van der Waals surface area contributed by atoms with Gasteiger partial charge in [-0.1, -0.05) is 12.1 Å². The van der Waals surface area contributed by atoms with Crippen LogP contribution in [0, 0.1) is 5.82 Å². The van der Waals surface area contributed by atoms with Crippen molar-refractivity contribution in [2.75, 3.05) is 43.1 Å². The molecule has 2 aromatic heterocycles. The van der Waals surface area contributed by atoms with Crippen molar-refractivity contribution in [3.05, 3.63) is 89.6 Å². The molecule has 0 spiro atoms. The molecule has 2 aromatic carbocycles. The van der Waals surface area contributed by atoms with Crippen LogP contribution in [0.1, 0.15) is 21.7 Å². The average Bonchev–Trinajstić information content (AvgIpc) is 3.23. The Labute approximate surface area is 197 Å². The SMILES string of the molecule is COc1cccn2c(C(N)=O)c(Cc3ccc(N4CCN(c5ccc(F)cc5)CC4)cc3)nc12. The van der Waals surface area contributed by atoms with Crippen molar-refractivity contribution in [3.8, 4) is 5.75 Å². The number of anilines is 2. The summed E-state index contributed by atoms with van der Waals surface area (Å²) in [7, 11) is 1.58. The third kappa shape index (κ3) is 4.14. The number of rotatable bonds is 6. The lowest BCUT2D eigenvalue weighted by Gasteiger charge is -2.37. The summed E-state index contributed by atoms with van der Waals surface area (Å²) in [4.78, 5) is 21.4. The minimum Gasteiger partial charge on any atom is -0.493 e. The number of halogens is 1. The van der Waals surface area contributed by atoms with Crippen molar-refractivity contribution in [2.24, 2.45) is 5.73 Å². The lowest BCUT2D eigenvalue weighted by molar-refractivity contribution is 0.0994. The lowest BCUT2D eigenvalue weighted by Crippen LogP contribution is -2.46. The average molecular weight is 460 g/mol. The summed E-state index contributed by atoms with van der Waals surface area (Å²) in [6.45, 7) is 3.51. The van der Waals surface area contributed by atoms with Gasteiger partial charge >= 0.3 is 0 Å². The third-order valence-corrected chi connectivity index (χ3v) is 6.28. The van der Waals surface area contributed by atoms with Gasteiger partial charge in [-0.3, -0.25) is 9.20 Å². The van der Waals surface area contributed by atoms with E-state index in [1.165, 1.54) is 12.1 Å². The molecule has 0 unspecified atom stereocenters. The second kappa shape index (κ2) is 9.05. The number of pyridine rings is 1. The van der Waals surface area contributed by atoms with E-state index in [2.05, 4.69) is 39.0 Å². The summed E-state index contributed by atoms with van der Waals surface area (Å²) in [5, 5.41) is 0. The number of nitrogens with zero attached hydrogens (tertiary/aromatic N) is 4. The smallest absolute Gasteiger partial charge is 0.267 e. The van der Waals surface area contributed by atoms with E-state index in [1.54, 1.807) is 23.8 Å². The maximum atomic E-state index is 13.2. The standard InChI is InChI=1S/C26H26FN5O2/c1-34-23-3-2-12-32-24(25(28)33)22(29-26(23)32)17-18-4-8-20(9-5-18)30-13-15-31(16-14-30)21-10-6-19(27)7-11-21/h2-12H,13-17H2,1H3,(H2,28,33). The van der Waals surface area contributed by atoms with Crippen molar-refractivity contribution in [3.63, 3.8) is 0 Å². The third-order valence-electron chi connectivity index (χ3n) is 6.28. The largest absolute Gasteiger partial charge is 0.493 e. The summed E-state index contributed by atoms with van der Waals surface area (Å²) in [5.41, 5.74) is 10.5. The van der Waals surface area contributed by atoms with Gasteiger partial charge in [0.15, 0.2) is 11.4 Å². The molecule has 0 bridgehead atoms. The zero-order chi connectivity index (χ0) is 23.7. The number of amides is 1. The molecule has 0 radical (unpaired) electrons. The Morgan fingerprint density at radius 1 is 0.971 bits per heavy atom. The molecule has 174 valence electrons. The van der Waals surface area contributed by atoms with E-state index in [1.807, 2.05) is 18.2 Å². The van der Waals surface area contributed by atoms with Gasteiger partial charge in [-0.2, -0.15) is 0 Å². The Kier molecular flexibility index (Phi) is 5.79. The van der Waals surface area contributed by atoms with E-state index in [9.17, 15) is 9.18 Å². The number of nitrogens with two attached hydrogens (primary N) is 1.